The van der Waals surface area contributed by atoms with Crippen LogP contribution in [0.2, 0.25) is 0 Å². The Labute approximate surface area is 113 Å². The van der Waals surface area contributed by atoms with Crippen LogP contribution in [0.5, 0.6) is 0 Å². The van der Waals surface area contributed by atoms with Gasteiger partial charge >= 0.3 is 0 Å². The molecular weight excluding hydrogens is 248 g/mol. The van der Waals surface area contributed by atoms with Crippen LogP contribution in [0.4, 0.5) is 8.78 Å². The van der Waals surface area contributed by atoms with Crippen molar-refractivity contribution in [1.29, 1.82) is 0 Å². The summed E-state index contributed by atoms with van der Waals surface area (Å²) in [6.45, 7) is 6.08. The highest BCUT2D eigenvalue weighted by Gasteiger charge is 2.14. The average Bonchev–Trinajstić information content (AvgIpc) is 2.54. The van der Waals surface area contributed by atoms with Crippen molar-refractivity contribution in [2.75, 3.05) is 39.3 Å². The minimum absolute atomic E-state index is 0.505. The Kier molecular flexibility index (Phi) is 5.24. The van der Waals surface area contributed by atoms with Crippen molar-refractivity contribution in [3.63, 3.8) is 0 Å². The minimum atomic E-state index is -0.505. The molecule has 106 valence electrons. The molecule has 0 unspecified atom stereocenters. The molecule has 2 rings (SSSR count). The van der Waals surface area contributed by atoms with Gasteiger partial charge in [-0.15, -0.1) is 0 Å². The van der Waals surface area contributed by atoms with E-state index in [-0.39, 0.29) is 0 Å². The highest BCUT2D eigenvalue weighted by atomic mass is 19.1. The molecule has 0 atom stereocenters. The van der Waals surface area contributed by atoms with Crippen LogP contribution in [-0.2, 0) is 6.54 Å². The van der Waals surface area contributed by atoms with Crippen LogP contribution in [0.25, 0.3) is 0 Å². The van der Waals surface area contributed by atoms with E-state index in [1.807, 2.05) is 0 Å². The topological polar surface area (TPSA) is 32.5 Å². The van der Waals surface area contributed by atoms with Gasteiger partial charge in [0.05, 0.1) is 0 Å². The molecule has 19 heavy (non-hydrogen) atoms. The molecule has 0 radical (unpaired) electrons. The molecule has 0 spiro atoms. The summed E-state index contributed by atoms with van der Waals surface area (Å²) in [6.07, 6.45) is 1.07. The van der Waals surface area contributed by atoms with E-state index in [4.69, 9.17) is 5.73 Å². The Bertz CT molecular complexity index is 391. The summed E-state index contributed by atoms with van der Waals surface area (Å²) in [5.41, 5.74) is 6.26. The van der Waals surface area contributed by atoms with E-state index in [1.54, 1.807) is 0 Å². The maximum atomic E-state index is 13.1. The maximum absolute atomic E-state index is 13.1. The van der Waals surface area contributed by atoms with E-state index >= 15 is 0 Å². The molecule has 0 saturated carbocycles. The molecule has 1 aromatic rings. The quantitative estimate of drug-likeness (QED) is 0.897. The SMILES string of the molecule is NCCN1CCCN(Cc2cc(F)cc(F)c2)CC1. The fourth-order valence-corrected chi connectivity index (χ4v) is 2.55. The van der Waals surface area contributed by atoms with E-state index in [9.17, 15) is 8.78 Å². The van der Waals surface area contributed by atoms with Gasteiger partial charge in [0.25, 0.3) is 0 Å². The van der Waals surface area contributed by atoms with E-state index in [0.717, 1.165) is 45.2 Å². The number of nitrogens with zero attached hydrogens (tertiary/aromatic N) is 2. The largest absolute Gasteiger partial charge is 0.329 e. The summed E-state index contributed by atoms with van der Waals surface area (Å²) in [4.78, 5) is 4.58. The molecule has 1 aliphatic rings. The van der Waals surface area contributed by atoms with Gasteiger partial charge < -0.3 is 10.6 Å². The molecule has 0 aliphatic carbocycles. The smallest absolute Gasteiger partial charge is 0.126 e. The van der Waals surface area contributed by atoms with Crippen LogP contribution in [0.1, 0.15) is 12.0 Å². The van der Waals surface area contributed by atoms with Crippen molar-refractivity contribution < 1.29 is 8.78 Å². The van der Waals surface area contributed by atoms with Gasteiger partial charge in [-0.25, -0.2) is 8.78 Å². The zero-order valence-corrected chi connectivity index (χ0v) is 11.1. The first-order valence-electron chi connectivity index (χ1n) is 6.77. The molecule has 3 nitrogen and oxygen atoms in total. The fourth-order valence-electron chi connectivity index (χ4n) is 2.55. The number of nitrogens with two attached hydrogens (primary N) is 1. The third kappa shape index (κ3) is 4.53. The minimum Gasteiger partial charge on any atom is -0.329 e. The first-order chi connectivity index (χ1) is 9.17. The second kappa shape index (κ2) is 6.93. The number of halogens is 2. The normalized spacial score (nSPS) is 18.5. The summed E-state index contributed by atoms with van der Waals surface area (Å²) in [6, 6.07) is 3.73. The van der Waals surface area contributed by atoms with Crippen molar-refractivity contribution in [3.8, 4) is 0 Å². The maximum Gasteiger partial charge on any atom is 0.126 e. The zero-order valence-electron chi connectivity index (χ0n) is 11.1. The molecule has 2 N–H and O–H groups in total. The summed E-state index contributed by atoms with van der Waals surface area (Å²) in [5, 5.41) is 0. The zero-order chi connectivity index (χ0) is 13.7. The Morgan fingerprint density at radius 2 is 1.58 bits per heavy atom. The van der Waals surface area contributed by atoms with Crippen LogP contribution in [0, 0.1) is 11.6 Å². The fraction of sp³-hybridized carbons (Fsp3) is 0.571. The Morgan fingerprint density at radius 1 is 0.947 bits per heavy atom. The second-order valence-electron chi connectivity index (χ2n) is 5.04. The van der Waals surface area contributed by atoms with Gasteiger partial charge in [0.2, 0.25) is 0 Å². The molecule has 0 aromatic heterocycles. The van der Waals surface area contributed by atoms with Crippen molar-refractivity contribution in [3.05, 3.63) is 35.4 Å². The number of rotatable bonds is 4. The van der Waals surface area contributed by atoms with Gasteiger partial charge in [-0.1, -0.05) is 0 Å². The standard InChI is InChI=1S/C14H21F2N3/c15-13-8-12(9-14(16)10-13)11-19-4-1-3-18(5-2-17)6-7-19/h8-10H,1-7,11,17H2. The molecule has 1 heterocycles. The van der Waals surface area contributed by atoms with Gasteiger partial charge in [0.1, 0.15) is 11.6 Å². The van der Waals surface area contributed by atoms with Crippen LogP contribution in [0.3, 0.4) is 0 Å². The number of hydrogen-bond donors (Lipinski definition) is 1. The predicted molar refractivity (Wildman–Crippen MR) is 71.7 cm³/mol. The molecule has 0 bridgehead atoms. The van der Waals surface area contributed by atoms with E-state index in [1.165, 1.54) is 12.1 Å². The Hall–Kier alpha value is -1.04. The van der Waals surface area contributed by atoms with E-state index in [2.05, 4.69) is 9.80 Å². The van der Waals surface area contributed by atoms with Gasteiger partial charge in [-0.3, -0.25) is 4.90 Å². The number of benzene rings is 1. The van der Waals surface area contributed by atoms with Crippen molar-refractivity contribution in [1.82, 2.24) is 9.80 Å². The Morgan fingerprint density at radius 3 is 2.26 bits per heavy atom. The van der Waals surface area contributed by atoms with Crippen molar-refractivity contribution >= 4 is 0 Å². The predicted octanol–water partition coefficient (Wildman–Crippen LogP) is 1.43. The molecule has 1 saturated heterocycles. The van der Waals surface area contributed by atoms with Gasteiger partial charge in [-0.2, -0.15) is 0 Å². The lowest BCUT2D eigenvalue weighted by Crippen LogP contribution is -2.33. The molecule has 1 fully saturated rings. The molecule has 1 aliphatic heterocycles. The lowest BCUT2D eigenvalue weighted by Gasteiger charge is -2.21. The second-order valence-corrected chi connectivity index (χ2v) is 5.04. The third-order valence-electron chi connectivity index (χ3n) is 3.45. The van der Waals surface area contributed by atoms with Crippen molar-refractivity contribution in [2.24, 2.45) is 5.73 Å². The first-order valence-corrected chi connectivity index (χ1v) is 6.77. The van der Waals surface area contributed by atoms with Crippen LogP contribution in [0.15, 0.2) is 18.2 Å². The van der Waals surface area contributed by atoms with Crippen LogP contribution < -0.4 is 5.73 Å². The highest BCUT2D eigenvalue weighted by Crippen LogP contribution is 2.12. The third-order valence-corrected chi connectivity index (χ3v) is 3.45. The first kappa shape index (κ1) is 14.4. The lowest BCUT2D eigenvalue weighted by molar-refractivity contribution is 0.254. The molecule has 0 amide bonds. The molecule has 1 aromatic carbocycles. The Balaban J connectivity index is 1.92. The van der Waals surface area contributed by atoms with E-state index < -0.39 is 11.6 Å². The summed E-state index contributed by atoms with van der Waals surface area (Å²) >= 11 is 0. The van der Waals surface area contributed by atoms with Crippen molar-refractivity contribution in [2.45, 2.75) is 13.0 Å². The van der Waals surface area contributed by atoms with Gasteiger partial charge in [-0.05, 0) is 37.2 Å². The highest BCUT2D eigenvalue weighted by molar-refractivity contribution is 5.17. The molecular formula is C14H21F2N3. The average molecular weight is 269 g/mol. The summed E-state index contributed by atoms with van der Waals surface area (Å²) < 4.78 is 26.3. The van der Waals surface area contributed by atoms with Crippen LogP contribution in [-0.4, -0.2) is 49.1 Å². The van der Waals surface area contributed by atoms with Crippen LogP contribution >= 0.6 is 0 Å². The molecule has 5 heteroatoms. The summed E-state index contributed by atoms with van der Waals surface area (Å²) in [5.74, 6) is -1.01. The monoisotopic (exact) mass is 269 g/mol. The lowest BCUT2D eigenvalue weighted by atomic mass is 10.2. The number of hydrogen-bond acceptors (Lipinski definition) is 3. The van der Waals surface area contributed by atoms with Gasteiger partial charge in [0.15, 0.2) is 0 Å². The van der Waals surface area contributed by atoms with Gasteiger partial charge in [0, 0.05) is 38.8 Å². The summed E-state index contributed by atoms with van der Waals surface area (Å²) in [7, 11) is 0. The van der Waals surface area contributed by atoms with E-state index in [0.29, 0.717) is 18.7 Å².